The maximum atomic E-state index is 12.4. The molecule has 2 aliphatic rings. The van der Waals surface area contributed by atoms with Crippen LogP contribution in [0.25, 0.3) is 11.4 Å². The summed E-state index contributed by atoms with van der Waals surface area (Å²) in [6.45, 7) is 16.7. The minimum absolute atomic E-state index is 0.0157. The summed E-state index contributed by atoms with van der Waals surface area (Å²) in [5, 5.41) is 6.57. The van der Waals surface area contributed by atoms with E-state index in [1.807, 2.05) is 46.8 Å². The van der Waals surface area contributed by atoms with Gasteiger partial charge in [0.1, 0.15) is 32.5 Å². The van der Waals surface area contributed by atoms with Crippen molar-refractivity contribution in [3.05, 3.63) is 81.0 Å². The number of ether oxygens (including phenoxy) is 1. The largest absolute Gasteiger partial charge is 0.444 e. The molecule has 0 spiro atoms. The van der Waals surface area contributed by atoms with Crippen LogP contribution in [0.3, 0.4) is 0 Å². The third-order valence-electron chi connectivity index (χ3n) is 8.74. The Morgan fingerprint density at radius 3 is 2.21 bits per heavy atom. The highest BCUT2D eigenvalue weighted by Gasteiger charge is 2.38. The highest BCUT2D eigenvalue weighted by Crippen LogP contribution is 2.34. The lowest BCUT2D eigenvalue weighted by Crippen LogP contribution is -2.56. The molecule has 3 aromatic rings. The molecule has 0 radical (unpaired) electrons. The van der Waals surface area contributed by atoms with Crippen LogP contribution in [0.5, 0.6) is 0 Å². The Balaban J connectivity index is 0.000000251. The zero-order valence-electron chi connectivity index (χ0n) is 30.7. The van der Waals surface area contributed by atoms with Crippen molar-refractivity contribution in [1.82, 2.24) is 45.3 Å². The van der Waals surface area contributed by atoms with Crippen molar-refractivity contribution in [3.8, 4) is 11.4 Å². The van der Waals surface area contributed by atoms with Crippen LogP contribution >= 0.6 is 39.1 Å². The van der Waals surface area contributed by atoms with Gasteiger partial charge >= 0.3 is 6.09 Å². The quantitative estimate of drug-likeness (QED) is 0.244. The van der Waals surface area contributed by atoms with Crippen LogP contribution in [0.2, 0.25) is 10.3 Å². The van der Waals surface area contributed by atoms with E-state index < -0.39 is 11.6 Å². The second kappa shape index (κ2) is 17.8. The van der Waals surface area contributed by atoms with E-state index in [4.69, 9.17) is 27.9 Å². The Morgan fingerprint density at radius 2 is 1.58 bits per heavy atom. The number of piperazine rings is 2. The fourth-order valence-corrected chi connectivity index (χ4v) is 7.32. The molecule has 2 fully saturated rings. The normalized spacial score (nSPS) is 20.2. The monoisotopic (exact) mass is 831 g/mol. The third kappa shape index (κ3) is 10.5. The van der Waals surface area contributed by atoms with Gasteiger partial charge in [-0.1, -0.05) is 29.8 Å². The van der Waals surface area contributed by atoms with E-state index in [9.17, 15) is 19.2 Å². The van der Waals surface area contributed by atoms with E-state index in [0.29, 0.717) is 52.9 Å². The lowest BCUT2D eigenvalue weighted by Gasteiger charge is -2.46. The summed E-state index contributed by atoms with van der Waals surface area (Å²) in [7, 11) is 1.51. The molecule has 5 rings (SSSR count). The summed E-state index contributed by atoms with van der Waals surface area (Å²) < 4.78 is 6.17. The second-order valence-electron chi connectivity index (χ2n) is 13.5. The van der Waals surface area contributed by atoms with E-state index in [1.54, 1.807) is 26.8 Å². The first-order chi connectivity index (χ1) is 24.9. The Kier molecular flexibility index (Phi) is 13.9. The molecule has 17 heteroatoms. The van der Waals surface area contributed by atoms with Crippen molar-refractivity contribution < 1.29 is 23.9 Å². The summed E-state index contributed by atoms with van der Waals surface area (Å²) in [6.07, 6.45) is 2.26. The van der Waals surface area contributed by atoms with Gasteiger partial charge in [0.05, 0.1) is 35.6 Å². The first-order valence-electron chi connectivity index (χ1n) is 16.9. The fraction of sp³-hybridized carbons (Fsp3) is 0.444. The Hall–Kier alpha value is -4.18. The van der Waals surface area contributed by atoms with Gasteiger partial charge < -0.3 is 30.1 Å². The molecule has 2 saturated heterocycles. The van der Waals surface area contributed by atoms with E-state index >= 15 is 0 Å². The summed E-state index contributed by atoms with van der Waals surface area (Å²) in [4.78, 5) is 70.7. The van der Waals surface area contributed by atoms with Crippen molar-refractivity contribution >= 4 is 62.9 Å². The van der Waals surface area contributed by atoms with Crippen molar-refractivity contribution in [3.63, 3.8) is 0 Å². The van der Waals surface area contributed by atoms with Crippen LogP contribution in [0.1, 0.15) is 75.2 Å². The van der Waals surface area contributed by atoms with Gasteiger partial charge in [-0.3, -0.25) is 14.4 Å². The Labute approximate surface area is 327 Å². The van der Waals surface area contributed by atoms with Gasteiger partial charge in [0.2, 0.25) is 11.8 Å². The first-order valence-corrected chi connectivity index (χ1v) is 18.5. The summed E-state index contributed by atoms with van der Waals surface area (Å²) >= 11 is 15.7. The van der Waals surface area contributed by atoms with E-state index in [2.05, 4.69) is 53.1 Å². The number of nitrogens with zero attached hydrogens (tertiary/aromatic N) is 7. The van der Waals surface area contributed by atoms with Crippen LogP contribution in [-0.2, 0) is 14.3 Å². The molecule has 4 amide bonds. The average Bonchev–Trinajstić information content (AvgIpc) is 3.09. The van der Waals surface area contributed by atoms with Crippen LogP contribution in [0, 0.1) is 0 Å². The maximum absolute atomic E-state index is 12.4. The van der Waals surface area contributed by atoms with Gasteiger partial charge in [0.15, 0.2) is 0 Å². The maximum Gasteiger partial charge on any atom is 0.410 e. The number of rotatable bonds is 5. The van der Waals surface area contributed by atoms with Crippen molar-refractivity contribution in [2.45, 2.75) is 71.3 Å². The lowest BCUT2D eigenvalue weighted by atomic mass is 9.94. The Morgan fingerprint density at radius 1 is 0.925 bits per heavy atom. The predicted octanol–water partition coefficient (Wildman–Crippen LogP) is 5.63. The number of hydrogen-bond acceptors (Lipinski definition) is 10. The molecule has 0 unspecified atom stereocenters. The molecule has 2 aliphatic heterocycles. The highest BCUT2D eigenvalue weighted by atomic mass is 79.9. The number of nitrogens with one attached hydrogen (secondary N) is 2. The van der Waals surface area contributed by atoms with Crippen LogP contribution in [0.4, 0.5) is 4.79 Å². The Bertz CT molecular complexity index is 1840. The zero-order valence-corrected chi connectivity index (χ0v) is 33.8. The van der Waals surface area contributed by atoms with Crippen molar-refractivity contribution in [1.29, 1.82) is 0 Å². The summed E-state index contributed by atoms with van der Waals surface area (Å²) in [5.41, 5.74) is 2.23. The molecule has 53 heavy (non-hydrogen) atoms. The predicted molar refractivity (Wildman–Crippen MR) is 205 cm³/mol. The molecular weight excluding hydrogens is 789 g/mol. The van der Waals surface area contributed by atoms with E-state index in [-0.39, 0.29) is 52.8 Å². The van der Waals surface area contributed by atoms with Crippen LogP contribution < -0.4 is 10.6 Å². The van der Waals surface area contributed by atoms with Gasteiger partial charge in [-0.25, -0.2) is 24.7 Å². The molecule has 0 aromatic carbocycles. The molecule has 4 atom stereocenters. The molecule has 14 nitrogen and oxygen atoms in total. The standard InChI is InChI=1S/C21H23ClN6O3.C15H21BrClN3O2/c1-5-19(30)27-6-7-28(13(3)29)20(12(27)2)14-8-16(26-18(22)9-14)15-10-17(21(31)23-4)25-11-24-15;1-9-13(10-7-11(16)19-12(17)8-10)18-5-6-20(9)14(21)22-15(2,3)4/h5,8-12,20H,1,6-7H2,2-4H3,(H,23,31);7-9,13,18H,5-6H2,1-4H3/t12-,20+;9-,13+/m00/s1. The van der Waals surface area contributed by atoms with Crippen molar-refractivity contribution in [2.24, 2.45) is 0 Å². The molecular formula is C36H44BrCl2N9O5. The number of hydrogen-bond donors (Lipinski definition) is 2. The number of amides is 4. The topological polar surface area (TPSA) is 163 Å². The molecule has 0 saturated carbocycles. The smallest absolute Gasteiger partial charge is 0.410 e. The zero-order chi connectivity index (χ0) is 39.2. The van der Waals surface area contributed by atoms with E-state index in [1.165, 1.54) is 32.4 Å². The number of halogens is 3. The van der Waals surface area contributed by atoms with Crippen LogP contribution in [0.15, 0.2) is 53.9 Å². The van der Waals surface area contributed by atoms with Gasteiger partial charge in [-0.2, -0.15) is 0 Å². The van der Waals surface area contributed by atoms with Gasteiger partial charge in [0, 0.05) is 40.2 Å². The second-order valence-corrected chi connectivity index (χ2v) is 15.1. The summed E-state index contributed by atoms with van der Waals surface area (Å²) in [6, 6.07) is 7.87. The van der Waals surface area contributed by atoms with Gasteiger partial charge in [0.25, 0.3) is 5.91 Å². The molecule has 3 aromatic heterocycles. The van der Waals surface area contributed by atoms with Crippen molar-refractivity contribution in [2.75, 3.05) is 33.2 Å². The summed E-state index contributed by atoms with van der Waals surface area (Å²) in [5.74, 6) is -0.666. The SMILES string of the molecule is C=CC(=O)N1CCN(C(C)=O)[C@@H](c2cc(Cl)nc(-c3cc(C(=O)NC)ncn3)c2)[C@@H]1C.C[C@H]1[C@H](c2cc(Cl)nc(Br)c2)NCCN1C(=O)OC(C)(C)C. The average molecular weight is 834 g/mol. The molecule has 0 aliphatic carbocycles. The molecule has 5 heterocycles. The lowest BCUT2D eigenvalue weighted by molar-refractivity contribution is -0.143. The number of carbonyl (C=O) groups is 4. The highest BCUT2D eigenvalue weighted by molar-refractivity contribution is 9.10. The minimum Gasteiger partial charge on any atom is -0.444 e. The first kappa shape index (κ1) is 41.6. The third-order valence-corrected chi connectivity index (χ3v) is 9.53. The molecule has 2 N–H and O–H groups in total. The van der Waals surface area contributed by atoms with Crippen LogP contribution in [-0.4, -0.2) is 109 Å². The van der Waals surface area contributed by atoms with E-state index in [0.717, 1.165) is 5.56 Å². The fourth-order valence-electron chi connectivity index (χ4n) is 6.33. The number of aromatic nitrogens is 4. The van der Waals surface area contributed by atoms with Gasteiger partial charge in [-0.15, -0.1) is 0 Å². The van der Waals surface area contributed by atoms with Gasteiger partial charge in [-0.05, 0) is 98.1 Å². The molecule has 0 bridgehead atoms. The number of pyridine rings is 2. The minimum atomic E-state index is -0.500. The number of carbonyl (C=O) groups excluding carboxylic acids is 4. The molecule has 284 valence electrons.